The van der Waals surface area contributed by atoms with Crippen LogP contribution in [-0.4, -0.2) is 44.9 Å². The standard InChI is InChI=1S/C31H30N4S/c1-3-9-25(10-4-1)23-35-30-14-8-7-13-29(30)32-31(35)24-33-19-21-34(22-20-33)36-28-17-15-27(16-18-28)26-11-5-2-6-12-26/h1-18H,19-24H2. The fourth-order valence-corrected chi connectivity index (χ4v) is 5.76. The van der Waals surface area contributed by atoms with Crippen LogP contribution in [-0.2, 0) is 13.1 Å². The Labute approximate surface area is 217 Å². The second-order valence-corrected chi connectivity index (χ2v) is 10.4. The highest BCUT2D eigenvalue weighted by molar-refractivity contribution is 7.97. The lowest BCUT2D eigenvalue weighted by molar-refractivity contribution is 0.184. The molecular weight excluding hydrogens is 460 g/mol. The second-order valence-electron chi connectivity index (χ2n) is 9.28. The number of benzene rings is 4. The molecule has 2 heterocycles. The molecule has 0 saturated carbocycles. The number of fused-ring (bicyclic) bond motifs is 1. The molecule has 180 valence electrons. The third kappa shape index (κ3) is 5.24. The van der Waals surface area contributed by atoms with Crippen molar-refractivity contribution in [1.82, 2.24) is 18.8 Å². The summed E-state index contributed by atoms with van der Waals surface area (Å²) in [5.74, 6) is 1.15. The lowest BCUT2D eigenvalue weighted by atomic mass is 10.1. The topological polar surface area (TPSA) is 24.3 Å². The van der Waals surface area contributed by atoms with Gasteiger partial charge < -0.3 is 4.57 Å². The molecule has 0 amide bonds. The third-order valence-electron chi connectivity index (χ3n) is 6.81. The van der Waals surface area contributed by atoms with Crippen LogP contribution in [0, 0.1) is 0 Å². The van der Waals surface area contributed by atoms with Crippen molar-refractivity contribution in [2.45, 2.75) is 18.0 Å². The summed E-state index contributed by atoms with van der Waals surface area (Å²) in [5, 5.41) is 0. The number of nitrogens with zero attached hydrogens (tertiary/aromatic N) is 4. The molecule has 5 aromatic rings. The quantitative estimate of drug-likeness (QED) is 0.241. The maximum absolute atomic E-state index is 5.03. The van der Waals surface area contributed by atoms with Gasteiger partial charge in [0.05, 0.1) is 17.6 Å². The zero-order chi connectivity index (χ0) is 24.2. The molecule has 1 aromatic heterocycles. The van der Waals surface area contributed by atoms with Crippen molar-refractivity contribution in [1.29, 1.82) is 0 Å². The summed E-state index contributed by atoms with van der Waals surface area (Å²) in [6, 6.07) is 38.7. The van der Waals surface area contributed by atoms with Gasteiger partial charge >= 0.3 is 0 Å². The molecule has 0 bridgehead atoms. The number of imidazole rings is 1. The van der Waals surface area contributed by atoms with Crippen molar-refractivity contribution < 1.29 is 0 Å². The molecule has 1 saturated heterocycles. The Balaban J connectivity index is 1.09. The predicted molar refractivity (Wildman–Crippen MR) is 150 cm³/mol. The number of piperazine rings is 1. The molecule has 0 atom stereocenters. The van der Waals surface area contributed by atoms with E-state index in [9.17, 15) is 0 Å². The largest absolute Gasteiger partial charge is 0.322 e. The van der Waals surface area contributed by atoms with Gasteiger partial charge in [-0.15, -0.1) is 0 Å². The van der Waals surface area contributed by atoms with Crippen molar-refractivity contribution in [3.05, 3.63) is 121 Å². The molecule has 1 fully saturated rings. The molecule has 0 aliphatic carbocycles. The van der Waals surface area contributed by atoms with Gasteiger partial charge in [0.25, 0.3) is 0 Å². The summed E-state index contributed by atoms with van der Waals surface area (Å²) < 4.78 is 4.88. The van der Waals surface area contributed by atoms with Gasteiger partial charge in [0.15, 0.2) is 0 Å². The van der Waals surface area contributed by atoms with E-state index in [0.717, 1.165) is 50.6 Å². The average molecular weight is 491 g/mol. The fourth-order valence-electron chi connectivity index (χ4n) is 4.86. The number of hydrogen-bond acceptors (Lipinski definition) is 4. The Kier molecular flexibility index (Phi) is 6.85. The molecular formula is C31H30N4S. The first-order chi connectivity index (χ1) is 17.8. The van der Waals surface area contributed by atoms with Crippen molar-refractivity contribution in [2.24, 2.45) is 0 Å². The molecule has 4 aromatic carbocycles. The van der Waals surface area contributed by atoms with Gasteiger partial charge in [0.1, 0.15) is 5.82 Å². The summed E-state index contributed by atoms with van der Waals surface area (Å²) in [6.07, 6.45) is 0. The van der Waals surface area contributed by atoms with Crippen LogP contribution in [0.4, 0.5) is 0 Å². The summed E-state index contributed by atoms with van der Waals surface area (Å²) >= 11 is 1.87. The van der Waals surface area contributed by atoms with Crippen LogP contribution in [0.2, 0.25) is 0 Å². The van der Waals surface area contributed by atoms with Crippen LogP contribution in [0.15, 0.2) is 114 Å². The van der Waals surface area contributed by atoms with Crippen molar-refractivity contribution in [3.8, 4) is 11.1 Å². The van der Waals surface area contributed by atoms with Gasteiger partial charge in [0.2, 0.25) is 0 Å². The van der Waals surface area contributed by atoms with E-state index in [1.54, 1.807) is 0 Å². The van der Waals surface area contributed by atoms with Crippen LogP contribution in [0.25, 0.3) is 22.2 Å². The molecule has 0 radical (unpaired) electrons. The van der Waals surface area contributed by atoms with Crippen molar-refractivity contribution >= 4 is 23.0 Å². The van der Waals surface area contributed by atoms with E-state index in [1.165, 1.54) is 27.1 Å². The van der Waals surface area contributed by atoms with Crippen LogP contribution in [0.3, 0.4) is 0 Å². The van der Waals surface area contributed by atoms with Gasteiger partial charge in [-0.2, -0.15) is 0 Å². The predicted octanol–water partition coefficient (Wildman–Crippen LogP) is 6.58. The first kappa shape index (κ1) is 23.0. The molecule has 4 nitrogen and oxygen atoms in total. The first-order valence-corrected chi connectivity index (χ1v) is 13.4. The van der Waals surface area contributed by atoms with Gasteiger partial charge in [-0.25, -0.2) is 9.29 Å². The van der Waals surface area contributed by atoms with E-state index in [1.807, 2.05) is 11.9 Å². The maximum Gasteiger partial charge on any atom is 0.124 e. The number of rotatable bonds is 7. The molecule has 5 heteroatoms. The van der Waals surface area contributed by atoms with Gasteiger partial charge in [-0.05, 0) is 52.9 Å². The SMILES string of the molecule is c1ccc(Cn2c(CN3CCN(Sc4ccc(-c5ccccc5)cc4)CC3)nc3ccccc32)cc1. The summed E-state index contributed by atoms with van der Waals surface area (Å²) in [7, 11) is 0. The van der Waals surface area contributed by atoms with E-state index in [2.05, 4.69) is 123 Å². The van der Waals surface area contributed by atoms with Gasteiger partial charge in [0, 0.05) is 37.6 Å². The molecule has 1 aliphatic heterocycles. The zero-order valence-corrected chi connectivity index (χ0v) is 21.1. The number of hydrogen-bond donors (Lipinski definition) is 0. The van der Waals surface area contributed by atoms with Gasteiger partial charge in [-0.1, -0.05) is 84.9 Å². The summed E-state index contributed by atoms with van der Waals surface area (Å²) in [5.41, 5.74) is 6.13. The van der Waals surface area contributed by atoms with E-state index < -0.39 is 0 Å². The summed E-state index contributed by atoms with van der Waals surface area (Å²) in [6.45, 7) is 5.92. The number of para-hydroxylation sites is 2. The van der Waals surface area contributed by atoms with Gasteiger partial charge in [-0.3, -0.25) is 4.90 Å². The first-order valence-electron chi connectivity index (χ1n) is 12.6. The molecule has 0 unspecified atom stereocenters. The van der Waals surface area contributed by atoms with Crippen LogP contribution >= 0.6 is 11.9 Å². The minimum Gasteiger partial charge on any atom is -0.322 e. The Morgan fingerprint density at radius 1 is 0.611 bits per heavy atom. The number of aromatic nitrogens is 2. The zero-order valence-electron chi connectivity index (χ0n) is 20.3. The van der Waals surface area contributed by atoms with E-state index in [-0.39, 0.29) is 0 Å². The average Bonchev–Trinajstić information content (AvgIpc) is 3.28. The van der Waals surface area contributed by atoms with Crippen LogP contribution in [0.1, 0.15) is 11.4 Å². The summed E-state index contributed by atoms with van der Waals surface area (Å²) in [4.78, 5) is 8.86. The lowest BCUT2D eigenvalue weighted by Crippen LogP contribution is -2.43. The molecule has 0 spiro atoms. The highest BCUT2D eigenvalue weighted by Gasteiger charge is 2.21. The van der Waals surface area contributed by atoms with Crippen LogP contribution in [0.5, 0.6) is 0 Å². The minimum atomic E-state index is 0.853. The Hall–Kier alpha value is -3.38. The molecule has 6 rings (SSSR count). The highest BCUT2D eigenvalue weighted by atomic mass is 32.2. The Morgan fingerprint density at radius 3 is 2.00 bits per heavy atom. The Bertz CT molecular complexity index is 1410. The third-order valence-corrected chi connectivity index (χ3v) is 7.92. The maximum atomic E-state index is 5.03. The van der Waals surface area contributed by atoms with E-state index in [4.69, 9.17) is 4.98 Å². The fraction of sp³-hybridized carbons (Fsp3) is 0.194. The normalized spacial score (nSPS) is 14.9. The van der Waals surface area contributed by atoms with E-state index in [0.29, 0.717) is 0 Å². The molecule has 0 N–H and O–H groups in total. The monoisotopic (exact) mass is 490 g/mol. The lowest BCUT2D eigenvalue weighted by Gasteiger charge is -2.33. The molecule has 36 heavy (non-hydrogen) atoms. The van der Waals surface area contributed by atoms with Crippen molar-refractivity contribution in [2.75, 3.05) is 26.2 Å². The Morgan fingerprint density at radius 2 is 1.25 bits per heavy atom. The highest BCUT2D eigenvalue weighted by Crippen LogP contribution is 2.28. The van der Waals surface area contributed by atoms with Crippen molar-refractivity contribution in [3.63, 3.8) is 0 Å². The molecule has 1 aliphatic rings. The minimum absolute atomic E-state index is 0.853. The van der Waals surface area contributed by atoms with E-state index >= 15 is 0 Å². The smallest absolute Gasteiger partial charge is 0.124 e. The van der Waals surface area contributed by atoms with Crippen LogP contribution < -0.4 is 0 Å². The second kappa shape index (κ2) is 10.7.